The Morgan fingerprint density at radius 2 is 1.03 bits per heavy atom. The Labute approximate surface area is 400 Å². The third kappa shape index (κ3) is 14.6. The molecule has 25 heteroatoms. The molecule has 1 aliphatic heterocycles. The summed E-state index contributed by atoms with van der Waals surface area (Å²) in [4.78, 5) is 97.9. The number of anilines is 2. The molecule has 0 spiro atoms. The molecule has 0 aliphatic carbocycles. The minimum absolute atomic E-state index is 0.0193. The molecule has 0 saturated carbocycles. The van der Waals surface area contributed by atoms with Gasteiger partial charge in [0.2, 0.25) is 17.7 Å². The Morgan fingerprint density at radius 1 is 0.614 bits per heavy atom. The highest BCUT2D eigenvalue weighted by molar-refractivity contribution is 5.84. The summed E-state index contributed by atoms with van der Waals surface area (Å²) in [6, 6.07) is 14.9. The van der Waals surface area contributed by atoms with E-state index < -0.39 is 5.97 Å². The first-order chi connectivity index (χ1) is 33.7. The number of aliphatic carboxylic acids is 1. The van der Waals surface area contributed by atoms with Crippen LogP contribution >= 0.6 is 0 Å². The van der Waals surface area contributed by atoms with Gasteiger partial charge in [-0.2, -0.15) is 19.9 Å². The third-order valence-electron chi connectivity index (χ3n) is 11.0. The van der Waals surface area contributed by atoms with Crippen LogP contribution in [0.25, 0.3) is 22.3 Å². The summed E-state index contributed by atoms with van der Waals surface area (Å²) < 4.78 is 23.7. The summed E-state index contributed by atoms with van der Waals surface area (Å²) in [7, 11) is 5.14. The first-order valence-electron chi connectivity index (χ1n) is 22.3. The maximum Gasteiger partial charge on any atom is 0.328 e. The molecule has 0 bridgehead atoms. The fourth-order valence-electron chi connectivity index (χ4n) is 7.04. The number of rotatable bonds is 22. The van der Waals surface area contributed by atoms with Gasteiger partial charge in [0.25, 0.3) is 0 Å². The summed E-state index contributed by atoms with van der Waals surface area (Å²) >= 11 is 0. The number of piperazine rings is 1. The zero-order chi connectivity index (χ0) is 50.2. The van der Waals surface area contributed by atoms with Crippen LogP contribution in [0.15, 0.2) is 58.1 Å². The Kier molecular flexibility index (Phi) is 18.3. The molecule has 4 aromatic heterocycles. The molecule has 6 aromatic rings. The van der Waals surface area contributed by atoms with Crippen LogP contribution < -0.4 is 43.0 Å². The Bertz CT molecular complexity index is 2850. The number of likely N-dealkylation sites (N-methyl/N-ethyl adjacent to an activating group) is 1. The third-order valence-corrected chi connectivity index (χ3v) is 11.0. The molecule has 2 aromatic carbocycles. The number of nitrogens with two attached hydrogens (primary N) is 2. The number of amides is 3. The molecular weight excluding hydrogens is 913 g/mol. The van der Waals surface area contributed by atoms with E-state index in [0.29, 0.717) is 55.2 Å². The van der Waals surface area contributed by atoms with Crippen LogP contribution in [0.4, 0.5) is 11.6 Å². The van der Waals surface area contributed by atoms with Crippen LogP contribution in [-0.2, 0) is 54.8 Å². The number of imidazole rings is 2. The molecule has 1 saturated heterocycles. The number of aromatic amines is 2. The lowest BCUT2D eigenvalue weighted by molar-refractivity contribution is -0.138. The molecule has 1 fully saturated rings. The van der Waals surface area contributed by atoms with E-state index in [0.717, 1.165) is 35.3 Å². The van der Waals surface area contributed by atoms with Crippen molar-refractivity contribution < 1.29 is 43.2 Å². The fraction of sp³-hybridized carbons (Fsp3) is 0.422. The van der Waals surface area contributed by atoms with Crippen molar-refractivity contribution in [2.24, 2.45) is 0 Å². The number of carbonyl (C=O) groups is 4. The molecule has 0 atom stereocenters. The second-order valence-corrected chi connectivity index (χ2v) is 16.2. The van der Waals surface area contributed by atoms with Crippen molar-refractivity contribution in [2.75, 3.05) is 85.3 Å². The average molecular weight is 971 g/mol. The molecule has 0 radical (unpaired) electrons. The smallest absolute Gasteiger partial charge is 0.328 e. The molecular formula is C45H58N14O11. The number of fused-ring (bicyclic) bond motifs is 2. The second kappa shape index (κ2) is 24.9. The number of carboxylic acid groups (broad SMARTS) is 1. The van der Waals surface area contributed by atoms with Gasteiger partial charge in [-0.1, -0.05) is 48.5 Å². The van der Waals surface area contributed by atoms with Crippen LogP contribution in [0.3, 0.4) is 0 Å². The SMILES string of the molecule is COCCOc1nc(N)c2[nH]c(=O)n(Cc3ccc(CNC(=O)CCC(=O)N4CCN(C)CC4)cc3)c2n1.COCCOc1nc(N)c2[nH]c(=O)n(Cc3ccc(CNC(=O)CCC(=O)O)cc3)c2n1. The first-order valence-corrected chi connectivity index (χ1v) is 22.3. The van der Waals surface area contributed by atoms with Gasteiger partial charge in [-0.25, -0.2) is 9.59 Å². The van der Waals surface area contributed by atoms with Crippen LogP contribution in [0, 0.1) is 0 Å². The van der Waals surface area contributed by atoms with E-state index in [2.05, 4.69) is 45.4 Å². The number of nitrogen functional groups attached to an aromatic ring is 2. The van der Waals surface area contributed by atoms with E-state index in [1.807, 2.05) is 60.5 Å². The van der Waals surface area contributed by atoms with Gasteiger partial charge in [-0.05, 0) is 29.3 Å². The summed E-state index contributed by atoms with van der Waals surface area (Å²) in [6.45, 7) is 5.45. The van der Waals surface area contributed by atoms with E-state index in [-0.39, 0.29) is 111 Å². The van der Waals surface area contributed by atoms with Gasteiger partial charge in [-0.3, -0.25) is 28.3 Å². The predicted molar refractivity (Wildman–Crippen MR) is 255 cm³/mol. The van der Waals surface area contributed by atoms with E-state index in [9.17, 15) is 28.8 Å². The Morgan fingerprint density at radius 3 is 1.44 bits per heavy atom. The zero-order valence-corrected chi connectivity index (χ0v) is 39.2. The van der Waals surface area contributed by atoms with Gasteiger partial charge in [-0.15, -0.1) is 0 Å². The van der Waals surface area contributed by atoms with Crippen molar-refractivity contribution in [3.8, 4) is 12.0 Å². The summed E-state index contributed by atoms with van der Waals surface area (Å²) in [5.74, 6) is -1.27. The number of methoxy groups -OCH3 is 2. The topological polar surface area (TPSA) is 335 Å². The maximum atomic E-state index is 12.6. The molecule has 5 heterocycles. The molecule has 1 aliphatic rings. The quantitative estimate of drug-likeness (QED) is 0.0447. The molecule has 3 amide bonds. The highest BCUT2D eigenvalue weighted by Gasteiger charge is 2.20. The maximum absolute atomic E-state index is 12.6. The van der Waals surface area contributed by atoms with Gasteiger partial charge in [0.1, 0.15) is 24.2 Å². The molecule has 70 heavy (non-hydrogen) atoms. The standard InChI is InChI=1S/C25H34N8O5.C20H24N6O6/c1-31-9-11-32(12-10-31)20(35)8-7-19(34)27-15-17-3-5-18(6-4-17)16-33-23-21(28-25(33)36)22(26)29-24(30-23)38-14-13-37-2;1-31-8-9-32-19-24-17(21)16-18(25-19)26(20(30)23-16)11-13-4-2-12(3-5-13)10-22-14(27)6-7-15(28)29/h3-6H,7-16H2,1-2H3,(H,27,34)(H,28,36)(H2,26,29,30);2-5H,6-11H2,1H3,(H,22,27)(H,23,30)(H,28,29)(H2,21,24,25). The minimum Gasteiger partial charge on any atom is -0.481 e. The number of benzene rings is 2. The van der Waals surface area contributed by atoms with E-state index in [4.69, 9.17) is 35.5 Å². The van der Waals surface area contributed by atoms with Crippen molar-refractivity contribution in [1.29, 1.82) is 0 Å². The van der Waals surface area contributed by atoms with Crippen LogP contribution in [0.2, 0.25) is 0 Å². The number of hydrogen-bond donors (Lipinski definition) is 7. The average Bonchev–Trinajstić information content (AvgIpc) is 3.84. The number of nitrogens with zero attached hydrogens (tertiary/aromatic N) is 8. The van der Waals surface area contributed by atoms with Crippen molar-refractivity contribution in [2.45, 2.75) is 51.9 Å². The molecule has 9 N–H and O–H groups in total. The van der Waals surface area contributed by atoms with Crippen LogP contribution in [-0.4, -0.2) is 152 Å². The van der Waals surface area contributed by atoms with Gasteiger partial charge in [0.05, 0.1) is 32.7 Å². The number of aromatic nitrogens is 8. The number of nitrogens with one attached hydrogen (secondary N) is 4. The number of carbonyl (C=O) groups excluding carboxylic acids is 3. The molecule has 7 rings (SSSR count). The second-order valence-electron chi connectivity index (χ2n) is 16.2. The summed E-state index contributed by atoms with van der Waals surface area (Å²) in [6.07, 6.45) is 0.0896. The van der Waals surface area contributed by atoms with Gasteiger partial charge >= 0.3 is 29.4 Å². The van der Waals surface area contributed by atoms with Gasteiger partial charge < -0.3 is 65.9 Å². The number of H-pyrrole nitrogens is 2. The molecule has 0 unspecified atom stereocenters. The van der Waals surface area contributed by atoms with Crippen molar-refractivity contribution in [3.63, 3.8) is 0 Å². The van der Waals surface area contributed by atoms with Crippen molar-refractivity contribution >= 4 is 57.7 Å². The lowest BCUT2D eigenvalue weighted by Crippen LogP contribution is -2.47. The van der Waals surface area contributed by atoms with Gasteiger partial charge in [0.15, 0.2) is 22.9 Å². The Balaban J connectivity index is 0.000000233. The van der Waals surface area contributed by atoms with E-state index in [1.54, 1.807) is 14.2 Å². The van der Waals surface area contributed by atoms with E-state index >= 15 is 0 Å². The van der Waals surface area contributed by atoms with Crippen LogP contribution in [0.1, 0.15) is 47.9 Å². The monoisotopic (exact) mass is 970 g/mol. The van der Waals surface area contributed by atoms with Crippen LogP contribution in [0.5, 0.6) is 12.0 Å². The summed E-state index contributed by atoms with van der Waals surface area (Å²) in [5, 5.41) is 14.1. The lowest BCUT2D eigenvalue weighted by Gasteiger charge is -2.32. The van der Waals surface area contributed by atoms with Gasteiger partial charge in [0, 0.05) is 72.8 Å². The molecule has 25 nitrogen and oxygen atoms in total. The fourth-order valence-corrected chi connectivity index (χ4v) is 7.04. The number of hydrogen-bond acceptors (Lipinski definition) is 17. The number of ether oxygens (including phenoxy) is 4. The first kappa shape index (κ1) is 51.5. The lowest BCUT2D eigenvalue weighted by atomic mass is 10.1. The molecule has 374 valence electrons. The minimum atomic E-state index is -1.02. The highest BCUT2D eigenvalue weighted by atomic mass is 16.5. The highest BCUT2D eigenvalue weighted by Crippen LogP contribution is 2.20. The number of carboxylic acids is 1. The predicted octanol–water partition coefficient (Wildman–Crippen LogP) is 0.202. The zero-order valence-electron chi connectivity index (χ0n) is 39.2. The normalized spacial score (nSPS) is 12.6. The Hall–Kier alpha value is -7.90. The van der Waals surface area contributed by atoms with Crippen molar-refractivity contribution in [3.05, 3.63) is 91.8 Å². The summed E-state index contributed by atoms with van der Waals surface area (Å²) in [5.41, 5.74) is 16.0. The van der Waals surface area contributed by atoms with Crippen molar-refractivity contribution in [1.82, 2.24) is 59.5 Å². The largest absolute Gasteiger partial charge is 0.481 e. The van der Waals surface area contributed by atoms with E-state index in [1.165, 1.54) is 9.13 Å².